The lowest BCUT2D eigenvalue weighted by atomic mass is 10.1. The van der Waals surface area contributed by atoms with Crippen molar-refractivity contribution in [1.29, 1.82) is 0 Å². The van der Waals surface area contributed by atoms with Gasteiger partial charge < -0.3 is 10.1 Å². The summed E-state index contributed by atoms with van der Waals surface area (Å²) in [6.45, 7) is 0. The van der Waals surface area contributed by atoms with Gasteiger partial charge in [-0.05, 0) is 66.7 Å². The van der Waals surface area contributed by atoms with Gasteiger partial charge >= 0.3 is 6.03 Å². The summed E-state index contributed by atoms with van der Waals surface area (Å²) in [5.41, 5.74) is 3.55. The Labute approximate surface area is 212 Å². The summed E-state index contributed by atoms with van der Waals surface area (Å²) in [5.74, 6) is 1.41. The van der Waals surface area contributed by atoms with Crippen molar-refractivity contribution < 1.29 is 9.53 Å². The standard InChI is InChI=1S/C28H19Cl2N3O2/c29-21-10-6-19(7-11-21)26-18-27(20-8-12-22(30)13-9-20)33(32-26)28(34)31-23-14-16-25(17-15-23)35-24-4-2-1-3-5-24/h1-18H,(H,31,34). The summed E-state index contributed by atoms with van der Waals surface area (Å²) >= 11 is 12.1. The fourth-order valence-electron chi connectivity index (χ4n) is 3.53. The SMILES string of the molecule is O=C(Nc1ccc(Oc2ccccc2)cc1)n1nc(-c2ccc(Cl)cc2)cc1-c1ccc(Cl)cc1. The van der Waals surface area contributed by atoms with Crippen LogP contribution in [0.4, 0.5) is 10.5 Å². The van der Waals surface area contributed by atoms with Gasteiger partial charge in [0.05, 0.1) is 11.4 Å². The maximum Gasteiger partial charge on any atom is 0.347 e. The van der Waals surface area contributed by atoms with Gasteiger partial charge in [-0.1, -0.05) is 65.7 Å². The second-order valence-corrected chi connectivity index (χ2v) is 8.58. The van der Waals surface area contributed by atoms with Crippen LogP contribution in [0.15, 0.2) is 109 Å². The Hall–Kier alpha value is -4.06. The smallest absolute Gasteiger partial charge is 0.347 e. The number of benzene rings is 4. The highest BCUT2D eigenvalue weighted by Crippen LogP contribution is 2.29. The van der Waals surface area contributed by atoms with Crippen molar-refractivity contribution >= 4 is 34.9 Å². The van der Waals surface area contributed by atoms with E-state index in [-0.39, 0.29) is 0 Å². The number of anilines is 1. The Morgan fingerprint density at radius 2 is 1.29 bits per heavy atom. The lowest BCUT2D eigenvalue weighted by Crippen LogP contribution is -2.21. The van der Waals surface area contributed by atoms with Crippen LogP contribution in [-0.2, 0) is 0 Å². The first-order valence-electron chi connectivity index (χ1n) is 10.8. The van der Waals surface area contributed by atoms with Gasteiger partial charge in [-0.15, -0.1) is 0 Å². The Morgan fingerprint density at radius 3 is 1.91 bits per heavy atom. The van der Waals surface area contributed by atoms with Crippen LogP contribution < -0.4 is 10.1 Å². The molecule has 0 saturated heterocycles. The van der Waals surface area contributed by atoms with Gasteiger partial charge in [-0.3, -0.25) is 0 Å². The molecule has 172 valence electrons. The highest BCUT2D eigenvalue weighted by molar-refractivity contribution is 6.30. The predicted octanol–water partition coefficient (Wildman–Crippen LogP) is 8.40. The molecule has 1 heterocycles. The molecular weight excluding hydrogens is 481 g/mol. The zero-order chi connectivity index (χ0) is 24.2. The number of carbonyl (C=O) groups is 1. The Kier molecular flexibility index (Phi) is 6.53. The zero-order valence-corrected chi connectivity index (χ0v) is 19.9. The molecule has 4 aromatic carbocycles. The van der Waals surface area contributed by atoms with E-state index in [2.05, 4.69) is 10.4 Å². The molecule has 0 bridgehead atoms. The fraction of sp³-hybridized carbons (Fsp3) is 0. The van der Waals surface area contributed by atoms with Gasteiger partial charge in [-0.25, -0.2) is 4.79 Å². The van der Waals surface area contributed by atoms with Gasteiger partial charge in [0, 0.05) is 26.9 Å². The number of para-hydroxylation sites is 1. The molecule has 5 nitrogen and oxygen atoms in total. The molecule has 5 rings (SSSR count). The minimum atomic E-state index is -0.396. The van der Waals surface area contributed by atoms with Crippen LogP contribution in [0.3, 0.4) is 0 Å². The van der Waals surface area contributed by atoms with E-state index in [9.17, 15) is 4.79 Å². The van der Waals surface area contributed by atoms with Crippen molar-refractivity contribution in [1.82, 2.24) is 9.78 Å². The van der Waals surface area contributed by atoms with Crippen LogP contribution in [0.1, 0.15) is 0 Å². The average Bonchev–Trinajstić information content (AvgIpc) is 3.32. The predicted molar refractivity (Wildman–Crippen MR) is 140 cm³/mol. The minimum Gasteiger partial charge on any atom is -0.457 e. The number of carbonyl (C=O) groups excluding carboxylic acids is 1. The number of rotatable bonds is 5. The van der Waals surface area contributed by atoms with E-state index in [1.807, 2.05) is 60.7 Å². The molecule has 0 unspecified atom stereocenters. The molecule has 0 aliphatic rings. The van der Waals surface area contributed by atoms with E-state index < -0.39 is 6.03 Å². The van der Waals surface area contributed by atoms with Gasteiger partial charge in [0.1, 0.15) is 11.5 Å². The molecule has 0 saturated carbocycles. The lowest BCUT2D eigenvalue weighted by Gasteiger charge is -2.10. The summed E-state index contributed by atoms with van der Waals surface area (Å²) in [6.07, 6.45) is 0. The number of nitrogens with zero attached hydrogens (tertiary/aromatic N) is 2. The molecular formula is C28H19Cl2N3O2. The number of nitrogens with one attached hydrogen (secondary N) is 1. The van der Waals surface area contributed by atoms with Crippen LogP contribution in [0.5, 0.6) is 11.5 Å². The Morgan fingerprint density at radius 1 is 0.714 bits per heavy atom. The van der Waals surface area contributed by atoms with Crippen LogP contribution in [0, 0.1) is 0 Å². The quantitative estimate of drug-likeness (QED) is 0.264. The molecule has 0 fully saturated rings. The number of halogens is 2. The first-order valence-corrected chi connectivity index (χ1v) is 11.6. The molecule has 1 N–H and O–H groups in total. The number of amides is 1. The zero-order valence-electron chi connectivity index (χ0n) is 18.4. The van der Waals surface area contributed by atoms with Gasteiger partial charge in [-0.2, -0.15) is 9.78 Å². The highest BCUT2D eigenvalue weighted by atomic mass is 35.5. The average molecular weight is 500 g/mol. The van der Waals surface area contributed by atoms with Crippen LogP contribution in [0.2, 0.25) is 10.0 Å². The first kappa shape index (κ1) is 22.7. The van der Waals surface area contributed by atoms with Gasteiger partial charge in [0.25, 0.3) is 0 Å². The molecule has 0 aliphatic heterocycles. The molecule has 7 heteroatoms. The van der Waals surface area contributed by atoms with Crippen molar-refractivity contribution in [3.63, 3.8) is 0 Å². The second kappa shape index (κ2) is 10.1. The van der Waals surface area contributed by atoms with E-state index in [1.54, 1.807) is 48.5 Å². The summed E-state index contributed by atoms with van der Waals surface area (Å²) in [6, 6.07) is 32.7. The van der Waals surface area contributed by atoms with Crippen molar-refractivity contribution in [3.8, 4) is 34.0 Å². The van der Waals surface area contributed by atoms with E-state index in [4.69, 9.17) is 27.9 Å². The normalized spacial score (nSPS) is 10.7. The summed E-state index contributed by atoms with van der Waals surface area (Å²) < 4.78 is 7.17. The fourth-order valence-corrected chi connectivity index (χ4v) is 3.78. The van der Waals surface area contributed by atoms with Crippen LogP contribution in [0.25, 0.3) is 22.5 Å². The summed E-state index contributed by atoms with van der Waals surface area (Å²) in [4.78, 5) is 13.3. The lowest BCUT2D eigenvalue weighted by molar-refractivity contribution is 0.251. The molecule has 0 spiro atoms. The number of hydrogen-bond acceptors (Lipinski definition) is 3. The van der Waals surface area contributed by atoms with E-state index >= 15 is 0 Å². The van der Waals surface area contributed by atoms with Crippen LogP contribution in [-0.4, -0.2) is 15.8 Å². The molecule has 1 amide bonds. The van der Waals surface area contributed by atoms with Crippen molar-refractivity contribution in [3.05, 3.63) is 119 Å². The molecule has 1 aromatic heterocycles. The highest BCUT2D eigenvalue weighted by Gasteiger charge is 2.17. The van der Waals surface area contributed by atoms with Crippen molar-refractivity contribution in [2.75, 3.05) is 5.32 Å². The monoisotopic (exact) mass is 499 g/mol. The van der Waals surface area contributed by atoms with E-state index in [0.717, 1.165) is 16.9 Å². The number of hydrogen-bond donors (Lipinski definition) is 1. The first-order chi connectivity index (χ1) is 17.0. The molecule has 0 aliphatic carbocycles. The topological polar surface area (TPSA) is 56.1 Å². The largest absolute Gasteiger partial charge is 0.457 e. The third kappa shape index (κ3) is 5.38. The third-order valence-electron chi connectivity index (χ3n) is 5.27. The Bertz CT molecular complexity index is 1450. The Balaban J connectivity index is 1.42. The molecule has 5 aromatic rings. The van der Waals surface area contributed by atoms with E-state index in [0.29, 0.717) is 32.9 Å². The third-order valence-corrected chi connectivity index (χ3v) is 5.77. The van der Waals surface area contributed by atoms with Crippen molar-refractivity contribution in [2.45, 2.75) is 0 Å². The maximum absolute atomic E-state index is 13.3. The van der Waals surface area contributed by atoms with Gasteiger partial charge in [0.2, 0.25) is 0 Å². The maximum atomic E-state index is 13.3. The number of ether oxygens (including phenoxy) is 1. The molecule has 0 radical (unpaired) electrons. The van der Waals surface area contributed by atoms with Gasteiger partial charge in [0.15, 0.2) is 0 Å². The van der Waals surface area contributed by atoms with E-state index in [1.165, 1.54) is 4.68 Å². The van der Waals surface area contributed by atoms with Crippen LogP contribution >= 0.6 is 23.2 Å². The molecule has 0 atom stereocenters. The summed E-state index contributed by atoms with van der Waals surface area (Å²) in [5, 5.41) is 8.73. The molecule has 35 heavy (non-hydrogen) atoms. The second-order valence-electron chi connectivity index (χ2n) is 7.71. The minimum absolute atomic E-state index is 0.396. The van der Waals surface area contributed by atoms with Crippen molar-refractivity contribution in [2.24, 2.45) is 0 Å². The summed E-state index contributed by atoms with van der Waals surface area (Å²) in [7, 11) is 0. The number of aromatic nitrogens is 2.